The largest absolute Gasteiger partial charge is 0.490 e. The lowest BCUT2D eigenvalue weighted by molar-refractivity contribution is 0.0628. The van der Waals surface area contributed by atoms with Gasteiger partial charge in [-0.05, 0) is 60.5 Å². The van der Waals surface area contributed by atoms with Crippen LogP contribution in [0.5, 0.6) is 11.5 Å². The number of hydrogen-bond acceptors (Lipinski definition) is 5. The van der Waals surface area contributed by atoms with Gasteiger partial charge in [-0.2, -0.15) is 0 Å². The van der Waals surface area contributed by atoms with Crippen molar-refractivity contribution in [3.8, 4) is 11.5 Å². The van der Waals surface area contributed by atoms with E-state index in [0.29, 0.717) is 59.8 Å². The summed E-state index contributed by atoms with van der Waals surface area (Å²) in [6.07, 6.45) is 4.23. The Morgan fingerprint density at radius 3 is 2.43 bits per heavy atom. The number of carbonyl (C=O) groups excluding carboxylic acids is 1. The number of piperazine rings is 1. The summed E-state index contributed by atoms with van der Waals surface area (Å²) in [7, 11) is 0. The first kappa shape index (κ1) is 25.3. The number of amides is 1. The summed E-state index contributed by atoms with van der Waals surface area (Å²) < 4.78 is 11.8. The molecule has 8 heteroatoms. The van der Waals surface area contributed by atoms with Crippen LogP contribution in [-0.4, -0.2) is 60.1 Å². The predicted molar refractivity (Wildman–Crippen MR) is 139 cm³/mol. The molecular weight excluding hydrogens is 485 g/mol. The molecular formula is C27H29Cl2N3O3. The second-order valence-corrected chi connectivity index (χ2v) is 9.20. The van der Waals surface area contributed by atoms with Crippen molar-refractivity contribution in [2.24, 2.45) is 0 Å². The van der Waals surface area contributed by atoms with Gasteiger partial charge in [-0.25, -0.2) is 0 Å². The van der Waals surface area contributed by atoms with E-state index >= 15 is 0 Å². The monoisotopic (exact) mass is 513 g/mol. The van der Waals surface area contributed by atoms with E-state index in [1.165, 1.54) is 5.56 Å². The molecule has 1 aromatic heterocycles. The minimum atomic E-state index is 0.00204. The number of aromatic nitrogens is 1. The average Bonchev–Trinajstić information content (AvgIpc) is 2.87. The van der Waals surface area contributed by atoms with Crippen molar-refractivity contribution >= 4 is 29.1 Å². The van der Waals surface area contributed by atoms with E-state index in [9.17, 15) is 4.79 Å². The Morgan fingerprint density at radius 1 is 0.943 bits per heavy atom. The highest BCUT2D eigenvalue weighted by atomic mass is 35.5. The molecule has 0 radical (unpaired) electrons. The average molecular weight is 514 g/mol. The molecule has 0 unspecified atom stereocenters. The smallest absolute Gasteiger partial charge is 0.254 e. The number of halogens is 2. The molecule has 4 rings (SSSR count). The van der Waals surface area contributed by atoms with Crippen LogP contribution in [0.15, 0.2) is 60.9 Å². The van der Waals surface area contributed by atoms with Crippen LogP contribution >= 0.6 is 23.2 Å². The number of benzene rings is 2. The molecule has 2 heterocycles. The van der Waals surface area contributed by atoms with Crippen LogP contribution in [0.3, 0.4) is 0 Å². The minimum Gasteiger partial charge on any atom is -0.490 e. The summed E-state index contributed by atoms with van der Waals surface area (Å²) in [6, 6.07) is 14.9. The van der Waals surface area contributed by atoms with Gasteiger partial charge in [0, 0.05) is 67.1 Å². The zero-order valence-electron chi connectivity index (χ0n) is 19.8. The van der Waals surface area contributed by atoms with Gasteiger partial charge in [-0.3, -0.25) is 14.7 Å². The van der Waals surface area contributed by atoms with Crippen LogP contribution in [0.25, 0.3) is 0 Å². The molecule has 1 aliphatic rings. The van der Waals surface area contributed by atoms with Crippen LogP contribution in [0.2, 0.25) is 10.0 Å². The fourth-order valence-corrected chi connectivity index (χ4v) is 4.57. The van der Waals surface area contributed by atoms with Crippen molar-refractivity contribution in [1.29, 1.82) is 0 Å². The number of nitrogens with zero attached hydrogens (tertiary/aromatic N) is 3. The van der Waals surface area contributed by atoms with Gasteiger partial charge in [0.15, 0.2) is 11.5 Å². The van der Waals surface area contributed by atoms with E-state index in [-0.39, 0.29) is 5.91 Å². The first-order chi connectivity index (χ1) is 17.0. The molecule has 6 nitrogen and oxygen atoms in total. The van der Waals surface area contributed by atoms with Crippen molar-refractivity contribution in [2.45, 2.75) is 19.9 Å². The standard InChI is InChI=1S/C27H29Cl2N3O3/c1-2-34-25-6-4-22(17-26(25)35-16-9-21-3-5-23(28)18-24(21)29)27(33)32-14-12-31(13-15-32)19-20-7-10-30-11-8-20/h3-8,10-11,17-18H,2,9,12-16,19H2,1H3. The first-order valence-electron chi connectivity index (χ1n) is 11.8. The normalized spacial score (nSPS) is 14.1. The van der Waals surface area contributed by atoms with Crippen molar-refractivity contribution < 1.29 is 14.3 Å². The van der Waals surface area contributed by atoms with Crippen molar-refractivity contribution in [1.82, 2.24) is 14.8 Å². The fraction of sp³-hybridized carbons (Fsp3) is 0.333. The highest BCUT2D eigenvalue weighted by Crippen LogP contribution is 2.30. The van der Waals surface area contributed by atoms with Crippen molar-refractivity contribution in [3.63, 3.8) is 0 Å². The maximum absolute atomic E-state index is 13.2. The lowest BCUT2D eigenvalue weighted by atomic mass is 10.1. The third-order valence-electron chi connectivity index (χ3n) is 5.95. The highest BCUT2D eigenvalue weighted by molar-refractivity contribution is 6.35. The molecule has 2 aromatic carbocycles. The molecule has 1 aliphatic heterocycles. The molecule has 0 spiro atoms. The van der Waals surface area contributed by atoms with E-state index in [1.807, 2.05) is 48.5 Å². The molecule has 1 amide bonds. The molecule has 0 aliphatic carbocycles. The minimum absolute atomic E-state index is 0.00204. The van der Waals surface area contributed by atoms with Gasteiger partial charge in [0.25, 0.3) is 5.91 Å². The van der Waals surface area contributed by atoms with Gasteiger partial charge in [-0.1, -0.05) is 29.3 Å². The second kappa shape index (κ2) is 12.2. The molecule has 35 heavy (non-hydrogen) atoms. The Kier molecular flexibility index (Phi) is 8.85. The zero-order valence-corrected chi connectivity index (χ0v) is 21.3. The van der Waals surface area contributed by atoms with Crippen LogP contribution in [0.1, 0.15) is 28.4 Å². The quantitative estimate of drug-likeness (QED) is 0.385. The van der Waals surface area contributed by atoms with Gasteiger partial charge >= 0.3 is 0 Å². The second-order valence-electron chi connectivity index (χ2n) is 8.35. The van der Waals surface area contributed by atoms with Crippen molar-refractivity contribution in [3.05, 3.63) is 87.7 Å². The first-order valence-corrected chi connectivity index (χ1v) is 12.5. The lowest BCUT2D eigenvalue weighted by Gasteiger charge is -2.34. The van der Waals surface area contributed by atoms with Crippen LogP contribution < -0.4 is 9.47 Å². The summed E-state index contributed by atoms with van der Waals surface area (Å²) in [5, 5.41) is 1.21. The van der Waals surface area contributed by atoms with Crippen molar-refractivity contribution in [2.75, 3.05) is 39.4 Å². The highest BCUT2D eigenvalue weighted by Gasteiger charge is 2.23. The summed E-state index contributed by atoms with van der Waals surface area (Å²) in [5.74, 6) is 1.18. The summed E-state index contributed by atoms with van der Waals surface area (Å²) in [5.41, 5.74) is 2.77. The number of carbonyl (C=O) groups is 1. The topological polar surface area (TPSA) is 54.9 Å². The lowest BCUT2D eigenvalue weighted by Crippen LogP contribution is -2.48. The Balaban J connectivity index is 1.37. The van der Waals surface area contributed by atoms with Gasteiger partial charge < -0.3 is 14.4 Å². The van der Waals surface area contributed by atoms with Gasteiger partial charge in [0.2, 0.25) is 0 Å². The fourth-order valence-electron chi connectivity index (χ4n) is 4.06. The maximum atomic E-state index is 13.2. The third kappa shape index (κ3) is 6.88. The Bertz CT molecular complexity index is 1140. The molecule has 0 atom stereocenters. The maximum Gasteiger partial charge on any atom is 0.254 e. The number of ether oxygens (including phenoxy) is 2. The third-order valence-corrected chi connectivity index (χ3v) is 6.54. The molecule has 1 fully saturated rings. The van der Waals surface area contributed by atoms with Crippen LogP contribution in [-0.2, 0) is 13.0 Å². The zero-order chi connectivity index (χ0) is 24.6. The molecule has 0 saturated carbocycles. The SMILES string of the molecule is CCOc1ccc(C(=O)N2CCN(Cc3ccncc3)CC2)cc1OCCc1ccc(Cl)cc1Cl. The van der Waals surface area contributed by atoms with Gasteiger partial charge in [0.05, 0.1) is 13.2 Å². The summed E-state index contributed by atoms with van der Waals surface area (Å²) in [4.78, 5) is 21.6. The Hall–Kier alpha value is -2.80. The number of hydrogen-bond donors (Lipinski definition) is 0. The molecule has 0 N–H and O–H groups in total. The molecule has 184 valence electrons. The molecule has 0 bridgehead atoms. The van der Waals surface area contributed by atoms with E-state index < -0.39 is 0 Å². The van der Waals surface area contributed by atoms with Gasteiger partial charge in [0.1, 0.15) is 0 Å². The predicted octanol–water partition coefficient (Wildman–Crippen LogP) is 5.37. The Labute approximate surface area is 216 Å². The van der Waals surface area contributed by atoms with Crippen LogP contribution in [0, 0.1) is 0 Å². The van der Waals surface area contributed by atoms with E-state index in [1.54, 1.807) is 24.3 Å². The number of rotatable bonds is 9. The number of pyridine rings is 1. The molecule has 3 aromatic rings. The van der Waals surface area contributed by atoms with Gasteiger partial charge in [-0.15, -0.1) is 0 Å². The van der Waals surface area contributed by atoms with Crippen LogP contribution in [0.4, 0.5) is 0 Å². The van der Waals surface area contributed by atoms with E-state index in [4.69, 9.17) is 32.7 Å². The Morgan fingerprint density at radius 2 is 1.71 bits per heavy atom. The summed E-state index contributed by atoms with van der Waals surface area (Å²) in [6.45, 7) is 6.71. The summed E-state index contributed by atoms with van der Waals surface area (Å²) >= 11 is 12.3. The van der Waals surface area contributed by atoms with E-state index in [0.717, 1.165) is 25.2 Å². The van der Waals surface area contributed by atoms with E-state index in [2.05, 4.69) is 9.88 Å². The molecule has 1 saturated heterocycles.